The van der Waals surface area contributed by atoms with Crippen LogP contribution in [-0.2, 0) is 4.79 Å². The first-order valence-corrected chi connectivity index (χ1v) is 6.63. The summed E-state index contributed by atoms with van der Waals surface area (Å²) >= 11 is 0. The first-order valence-electron chi connectivity index (χ1n) is 6.63. The number of benzene rings is 1. The Bertz CT molecular complexity index is 493. The minimum atomic E-state index is -0.128. The first kappa shape index (κ1) is 13.4. The molecule has 0 bridgehead atoms. The van der Waals surface area contributed by atoms with Gasteiger partial charge in [0, 0.05) is 6.92 Å². The molecule has 1 aliphatic carbocycles. The van der Waals surface area contributed by atoms with Gasteiger partial charge in [-0.15, -0.1) is 0 Å². The number of amides is 1. The Labute approximate surface area is 113 Å². The van der Waals surface area contributed by atoms with Crippen LogP contribution in [0, 0.1) is 17.2 Å². The highest BCUT2D eigenvalue weighted by Crippen LogP contribution is 2.31. The van der Waals surface area contributed by atoms with Gasteiger partial charge >= 0.3 is 0 Å². The molecule has 100 valence electrons. The first-order chi connectivity index (χ1) is 9.20. The maximum absolute atomic E-state index is 11.2. The molecule has 1 N–H and O–H groups in total. The molecule has 1 aliphatic rings. The Hall–Kier alpha value is -2.02. The number of ether oxygens (including phenoxy) is 1. The summed E-state index contributed by atoms with van der Waals surface area (Å²) in [5.41, 5.74) is 0.664. The Morgan fingerprint density at radius 3 is 2.84 bits per heavy atom. The highest BCUT2D eigenvalue weighted by atomic mass is 16.5. The number of hydrogen-bond donors (Lipinski definition) is 1. The van der Waals surface area contributed by atoms with E-state index in [0.29, 0.717) is 11.4 Å². The molecular weight excluding hydrogens is 240 g/mol. The number of rotatable bonds is 3. The molecule has 0 spiro atoms. The molecule has 1 saturated carbocycles. The maximum atomic E-state index is 11.2. The number of anilines is 1. The number of carbonyl (C=O) groups is 1. The van der Waals surface area contributed by atoms with Crippen LogP contribution in [0.3, 0.4) is 0 Å². The predicted molar refractivity (Wildman–Crippen MR) is 72.7 cm³/mol. The normalized spacial score (nSPS) is 22.3. The second-order valence-electron chi connectivity index (χ2n) is 4.85. The van der Waals surface area contributed by atoms with Crippen molar-refractivity contribution in [3.8, 4) is 11.8 Å². The fourth-order valence-electron chi connectivity index (χ4n) is 2.41. The molecule has 4 nitrogen and oxygen atoms in total. The molecule has 0 aliphatic heterocycles. The zero-order valence-electron chi connectivity index (χ0n) is 11.1. The van der Waals surface area contributed by atoms with Gasteiger partial charge in [-0.25, -0.2) is 0 Å². The van der Waals surface area contributed by atoms with Crippen LogP contribution in [0.4, 0.5) is 5.69 Å². The lowest BCUT2D eigenvalue weighted by Gasteiger charge is -2.28. The topological polar surface area (TPSA) is 62.1 Å². The molecule has 0 radical (unpaired) electrons. The van der Waals surface area contributed by atoms with Crippen LogP contribution >= 0.6 is 0 Å². The van der Waals surface area contributed by atoms with Crippen LogP contribution in [0.2, 0.25) is 0 Å². The average molecular weight is 258 g/mol. The predicted octanol–water partition coefficient (Wildman–Crippen LogP) is 3.11. The molecule has 2 unspecified atom stereocenters. The second kappa shape index (κ2) is 6.24. The van der Waals surface area contributed by atoms with E-state index < -0.39 is 0 Å². The van der Waals surface area contributed by atoms with Crippen LogP contribution in [0.15, 0.2) is 24.3 Å². The van der Waals surface area contributed by atoms with Crippen molar-refractivity contribution in [2.75, 3.05) is 5.32 Å². The molecule has 2 atom stereocenters. The average Bonchev–Trinajstić information content (AvgIpc) is 2.41. The summed E-state index contributed by atoms with van der Waals surface area (Å²) in [5, 5.41) is 11.9. The summed E-state index contributed by atoms with van der Waals surface area (Å²) in [6.45, 7) is 1.47. The molecule has 1 fully saturated rings. The number of carbonyl (C=O) groups excluding carboxylic acids is 1. The van der Waals surface area contributed by atoms with Crippen LogP contribution in [0.25, 0.3) is 0 Å². The maximum Gasteiger partial charge on any atom is 0.221 e. The van der Waals surface area contributed by atoms with Gasteiger partial charge in [-0.3, -0.25) is 4.79 Å². The molecule has 2 rings (SSSR count). The highest BCUT2D eigenvalue weighted by molar-refractivity contribution is 5.90. The van der Waals surface area contributed by atoms with Gasteiger partial charge in [0.05, 0.1) is 17.7 Å². The molecular formula is C15H18N2O2. The van der Waals surface area contributed by atoms with Gasteiger partial charge in [0.1, 0.15) is 11.9 Å². The van der Waals surface area contributed by atoms with Crippen LogP contribution < -0.4 is 10.1 Å². The van der Waals surface area contributed by atoms with Gasteiger partial charge in [0.2, 0.25) is 5.91 Å². The summed E-state index contributed by atoms with van der Waals surface area (Å²) in [6, 6.07) is 9.67. The third kappa shape index (κ3) is 3.47. The van der Waals surface area contributed by atoms with E-state index in [0.717, 1.165) is 25.7 Å². The van der Waals surface area contributed by atoms with E-state index in [1.54, 1.807) is 6.07 Å². The minimum Gasteiger partial charge on any atom is -0.487 e. The number of hydrogen-bond acceptors (Lipinski definition) is 3. The fraction of sp³-hybridized carbons (Fsp3) is 0.467. The van der Waals surface area contributed by atoms with E-state index in [1.807, 2.05) is 18.2 Å². The van der Waals surface area contributed by atoms with Crippen molar-refractivity contribution in [3.05, 3.63) is 24.3 Å². The lowest BCUT2D eigenvalue weighted by molar-refractivity contribution is -0.114. The van der Waals surface area contributed by atoms with Gasteiger partial charge in [0.15, 0.2) is 0 Å². The Morgan fingerprint density at radius 1 is 1.37 bits per heavy atom. The molecule has 1 aromatic carbocycles. The largest absolute Gasteiger partial charge is 0.487 e. The number of nitrogens with one attached hydrogen (secondary N) is 1. The Morgan fingerprint density at radius 2 is 2.11 bits per heavy atom. The lowest BCUT2D eigenvalue weighted by Crippen LogP contribution is -2.29. The molecule has 19 heavy (non-hydrogen) atoms. The zero-order valence-corrected chi connectivity index (χ0v) is 11.1. The van der Waals surface area contributed by atoms with E-state index in [4.69, 9.17) is 10.00 Å². The Kier molecular flexibility index (Phi) is 4.40. The molecule has 0 heterocycles. The minimum absolute atomic E-state index is 0.0564. The van der Waals surface area contributed by atoms with Crippen LogP contribution in [0.1, 0.15) is 32.6 Å². The van der Waals surface area contributed by atoms with Crippen LogP contribution in [-0.4, -0.2) is 12.0 Å². The summed E-state index contributed by atoms with van der Waals surface area (Å²) in [7, 11) is 0. The highest BCUT2D eigenvalue weighted by Gasteiger charge is 2.27. The van der Waals surface area contributed by atoms with E-state index in [9.17, 15) is 4.79 Å². The smallest absolute Gasteiger partial charge is 0.221 e. The summed E-state index contributed by atoms with van der Waals surface area (Å²) < 4.78 is 5.95. The van der Waals surface area contributed by atoms with Crippen molar-refractivity contribution < 1.29 is 9.53 Å². The summed E-state index contributed by atoms with van der Waals surface area (Å²) in [4.78, 5) is 11.2. The molecule has 0 aromatic heterocycles. The second-order valence-corrected chi connectivity index (χ2v) is 4.85. The van der Waals surface area contributed by atoms with Crippen molar-refractivity contribution in [3.63, 3.8) is 0 Å². The van der Waals surface area contributed by atoms with Gasteiger partial charge in [-0.1, -0.05) is 18.6 Å². The summed E-state index contributed by atoms with van der Waals surface area (Å²) in [5.74, 6) is 0.459. The molecule has 1 amide bonds. The third-order valence-corrected chi connectivity index (χ3v) is 3.34. The molecule has 0 saturated heterocycles. The standard InChI is InChI=1S/C15H18N2O2/c1-11(18)17-13-7-3-5-9-15(13)19-14-8-4-2-6-12(14)10-16/h3,5,7,9,12,14H,2,4,6,8H2,1H3,(H,17,18). The van der Waals surface area contributed by atoms with Gasteiger partial charge < -0.3 is 10.1 Å². The number of para-hydroxylation sites is 2. The zero-order chi connectivity index (χ0) is 13.7. The van der Waals surface area contributed by atoms with Crippen molar-refractivity contribution in [1.82, 2.24) is 0 Å². The quantitative estimate of drug-likeness (QED) is 0.906. The van der Waals surface area contributed by atoms with Crippen molar-refractivity contribution in [2.45, 2.75) is 38.7 Å². The number of nitrogens with zero attached hydrogens (tertiary/aromatic N) is 1. The van der Waals surface area contributed by atoms with Gasteiger partial charge in [-0.2, -0.15) is 5.26 Å². The van der Waals surface area contributed by atoms with E-state index in [1.165, 1.54) is 6.92 Å². The fourth-order valence-corrected chi connectivity index (χ4v) is 2.41. The van der Waals surface area contributed by atoms with E-state index >= 15 is 0 Å². The van der Waals surface area contributed by atoms with Crippen molar-refractivity contribution in [1.29, 1.82) is 5.26 Å². The molecule has 1 aromatic rings. The van der Waals surface area contributed by atoms with Gasteiger partial charge in [0.25, 0.3) is 0 Å². The third-order valence-electron chi connectivity index (χ3n) is 3.34. The monoisotopic (exact) mass is 258 g/mol. The molecule has 4 heteroatoms. The van der Waals surface area contributed by atoms with E-state index in [2.05, 4.69) is 11.4 Å². The van der Waals surface area contributed by atoms with Crippen molar-refractivity contribution >= 4 is 11.6 Å². The van der Waals surface area contributed by atoms with Crippen LogP contribution in [0.5, 0.6) is 5.75 Å². The number of nitriles is 1. The van der Waals surface area contributed by atoms with E-state index in [-0.39, 0.29) is 17.9 Å². The Balaban J connectivity index is 2.13. The SMILES string of the molecule is CC(=O)Nc1ccccc1OC1CCCCC1C#N. The summed E-state index contributed by atoms with van der Waals surface area (Å²) in [6.07, 6.45) is 3.89. The van der Waals surface area contributed by atoms with Gasteiger partial charge in [-0.05, 0) is 31.4 Å². The van der Waals surface area contributed by atoms with Crippen molar-refractivity contribution in [2.24, 2.45) is 5.92 Å². The lowest BCUT2D eigenvalue weighted by atomic mass is 9.87.